The molecule has 1 saturated heterocycles. The molecule has 0 aliphatic carbocycles. The van der Waals surface area contributed by atoms with Crippen molar-refractivity contribution in [2.75, 3.05) is 25.4 Å². The normalized spacial score (nSPS) is 19.4. The first-order valence-electron chi connectivity index (χ1n) is 6.75. The van der Waals surface area contributed by atoms with E-state index in [1.807, 2.05) is 29.3 Å². The van der Waals surface area contributed by atoms with Crippen LogP contribution in [-0.2, 0) is 10.5 Å². The van der Waals surface area contributed by atoms with Crippen molar-refractivity contribution in [2.24, 2.45) is 0 Å². The molecule has 1 N–H and O–H groups in total. The van der Waals surface area contributed by atoms with E-state index in [2.05, 4.69) is 17.2 Å². The van der Waals surface area contributed by atoms with Crippen LogP contribution in [0.5, 0.6) is 0 Å². The molecule has 0 spiro atoms. The van der Waals surface area contributed by atoms with E-state index in [0.717, 1.165) is 36.8 Å². The van der Waals surface area contributed by atoms with Crippen LogP contribution in [0.2, 0.25) is 0 Å². The van der Waals surface area contributed by atoms with Crippen LogP contribution in [0.3, 0.4) is 0 Å². The summed E-state index contributed by atoms with van der Waals surface area (Å²) in [6.07, 6.45) is 2.44. The Hall–Kier alpha value is -1.07. The van der Waals surface area contributed by atoms with E-state index in [1.165, 1.54) is 0 Å². The standard InChI is InChI=1S/C14H21N3OS/c1-12-10-15-7-8-17(12)14(18)5-9-19-11-13-4-2-3-6-16-13/h2-4,6,12,15H,5,7-11H2,1H3/t12-/m0/s1. The molecule has 1 aliphatic rings. The Balaban J connectivity index is 1.66. The van der Waals surface area contributed by atoms with E-state index in [0.29, 0.717) is 12.5 Å². The van der Waals surface area contributed by atoms with E-state index in [-0.39, 0.29) is 5.91 Å². The highest BCUT2D eigenvalue weighted by Crippen LogP contribution is 2.13. The van der Waals surface area contributed by atoms with E-state index in [1.54, 1.807) is 11.8 Å². The van der Waals surface area contributed by atoms with Crippen molar-refractivity contribution >= 4 is 17.7 Å². The van der Waals surface area contributed by atoms with Gasteiger partial charge in [0.05, 0.1) is 5.69 Å². The van der Waals surface area contributed by atoms with Gasteiger partial charge in [-0.05, 0) is 19.1 Å². The number of thioether (sulfide) groups is 1. The number of piperazine rings is 1. The van der Waals surface area contributed by atoms with Crippen molar-refractivity contribution in [3.8, 4) is 0 Å². The van der Waals surface area contributed by atoms with Gasteiger partial charge in [-0.15, -0.1) is 0 Å². The number of hydrogen-bond donors (Lipinski definition) is 1. The highest BCUT2D eigenvalue weighted by Gasteiger charge is 2.22. The highest BCUT2D eigenvalue weighted by atomic mass is 32.2. The number of carbonyl (C=O) groups excluding carboxylic acids is 1. The molecular formula is C14H21N3OS. The van der Waals surface area contributed by atoms with Gasteiger partial charge >= 0.3 is 0 Å². The third kappa shape index (κ3) is 4.51. The van der Waals surface area contributed by atoms with Crippen LogP contribution in [0, 0.1) is 0 Å². The molecule has 0 saturated carbocycles. The van der Waals surface area contributed by atoms with Gasteiger partial charge in [0.2, 0.25) is 5.91 Å². The van der Waals surface area contributed by atoms with Gasteiger partial charge in [-0.1, -0.05) is 6.07 Å². The molecule has 4 nitrogen and oxygen atoms in total. The molecule has 0 radical (unpaired) electrons. The lowest BCUT2D eigenvalue weighted by atomic mass is 10.2. The van der Waals surface area contributed by atoms with Crippen LogP contribution in [0.25, 0.3) is 0 Å². The summed E-state index contributed by atoms with van der Waals surface area (Å²) in [4.78, 5) is 18.4. The summed E-state index contributed by atoms with van der Waals surface area (Å²) in [5.74, 6) is 2.03. The molecule has 1 aromatic heterocycles. The molecule has 1 aromatic rings. The average molecular weight is 279 g/mol. The SMILES string of the molecule is C[C@H]1CNCCN1C(=O)CCSCc1ccccn1. The molecule has 1 atom stereocenters. The van der Waals surface area contributed by atoms with Gasteiger partial charge in [-0.2, -0.15) is 11.8 Å². The first kappa shape index (κ1) is 14.3. The van der Waals surface area contributed by atoms with E-state index < -0.39 is 0 Å². The highest BCUT2D eigenvalue weighted by molar-refractivity contribution is 7.98. The van der Waals surface area contributed by atoms with E-state index >= 15 is 0 Å². The van der Waals surface area contributed by atoms with Gasteiger partial charge in [0.1, 0.15) is 0 Å². The van der Waals surface area contributed by atoms with Gasteiger partial charge in [0.15, 0.2) is 0 Å². The molecule has 1 fully saturated rings. The van der Waals surface area contributed by atoms with Gasteiger partial charge in [0, 0.05) is 49.8 Å². The second kappa shape index (κ2) is 7.50. The third-order valence-corrected chi connectivity index (χ3v) is 4.25. The molecule has 0 aromatic carbocycles. The summed E-state index contributed by atoms with van der Waals surface area (Å²) in [6, 6.07) is 6.26. The summed E-state index contributed by atoms with van der Waals surface area (Å²) in [5.41, 5.74) is 1.08. The fraction of sp³-hybridized carbons (Fsp3) is 0.571. The second-order valence-corrected chi connectivity index (χ2v) is 5.87. The number of rotatable bonds is 5. The molecule has 0 unspecified atom stereocenters. The fourth-order valence-corrected chi connectivity index (χ4v) is 3.02. The number of nitrogens with one attached hydrogen (secondary N) is 1. The van der Waals surface area contributed by atoms with Crippen molar-refractivity contribution in [3.63, 3.8) is 0 Å². The maximum Gasteiger partial charge on any atom is 0.223 e. The minimum Gasteiger partial charge on any atom is -0.337 e. The smallest absolute Gasteiger partial charge is 0.223 e. The zero-order valence-corrected chi connectivity index (χ0v) is 12.2. The predicted molar refractivity (Wildman–Crippen MR) is 79.1 cm³/mol. The number of amides is 1. The first-order valence-corrected chi connectivity index (χ1v) is 7.90. The minimum atomic E-state index is 0.280. The molecule has 1 aliphatic heterocycles. The molecule has 0 bridgehead atoms. The Morgan fingerprint density at radius 3 is 3.21 bits per heavy atom. The maximum atomic E-state index is 12.1. The molecule has 1 amide bonds. The fourth-order valence-electron chi connectivity index (χ4n) is 2.17. The van der Waals surface area contributed by atoms with Crippen molar-refractivity contribution in [3.05, 3.63) is 30.1 Å². The predicted octanol–water partition coefficient (Wildman–Crippen LogP) is 1.53. The molecule has 5 heteroatoms. The Morgan fingerprint density at radius 2 is 2.47 bits per heavy atom. The number of aromatic nitrogens is 1. The number of carbonyl (C=O) groups is 1. The lowest BCUT2D eigenvalue weighted by Gasteiger charge is -2.34. The molecule has 19 heavy (non-hydrogen) atoms. The van der Waals surface area contributed by atoms with Crippen LogP contribution in [0.15, 0.2) is 24.4 Å². The second-order valence-electron chi connectivity index (χ2n) is 4.76. The zero-order valence-electron chi connectivity index (χ0n) is 11.3. The molecule has 2 heterocycles. The average Bonchev–Trinajstić information content (AvgIpc) is 2.45. The Labute approximate surface area is 119 Å². The van der Waals surface area contributed by atoms with Crippen molar-refractivity contribution in [2.45, 2.75) is 25.1 Å². The zero-order chi connectivity index (χ0) is 13.5. The van der Waals surface area contributed by atoms with Crippen LogP contribution in [0.1, 0.15) is 19.0 Å². The van der Waals surface area contributed by atoms with Crippen LogP contribution in [0.4, 0.5) is 0 Å². The third-order valence-electron chi connectivity index (χ3n) is 3.26. The van der Waals surface area contributed by atoms with Crippen molar-refractivity contribution in [1.29, 1.82) is 0 Å². The van der Waals surface area contributed by atoms with Crippen molar-refractivity contribution < 1.29 is 4.79 Å². The van der Waals surface area contributed by atoms with Crippen LogP contribution in [-0.4, -0.2) is 47.2 Å². The van der Waals surface area contributed by atoms with Crippen LogP contribution >= 0.6 is 11.8 Å². The number of nitrogens with zero attached hydrogens (tertiary/aromatic N) is 2. The van der Waals surface area contributed by atoms with Gasteiger partial charge in [-0.3, -0.25) is 9.78 Å². The summed E-state index contributed by atoms with van der Waals surface area (Å²) in [5, 5.41) is 3.30. The topological polar surface area (TPSA) is 45.2 Å². The van der Waals surface area contributed by atoms with Gasteiger partial charge < -0.3 is 10.2 Å². The Kier molecular flexibility index (Phi) is 5.66. The van der Waals surface area contributed by atoms with Crippen LogP contribution < -0.4 is 5.32 Å². The molecular weight excluding hydrogens is 258 g/mol. The summed E-state index contributed by atoms with van der Waals surface area (Å²) >= 11 is 1.77. The molecule has 104 valence electrons. The Morgan fingerprint density at radius 1 is 1.58 bits per heavy atom. The number of hydrogen-bond acceptors (Lipinski definition) is 4. The van der Waals surface area contributed by atoms with Crippen molar-refractivity contribution in [1.82, 2.24) is 15.2 Å². The van der Waals surface area contributed by atoms with E-state index in [9.17, 15) is 4.79 Å². The van der Waals surface area contributed by atoms with Gasteiger partial charge in [0.25, 0.3) is 0 Å². The maximum absolute atomic E-state index is 12.1. The molecule has 2 rings (SSSR count). The lowest BCUT2D eigenvalue weighted by molar-refractivity contribution is -0.133. The lowest BCUT2D eigenvalue weighted by Crippen LogP contribution is -2.52. The first-order chi connectivity index (χ1) is 9.27. The Bertz CT molecular complexity index is 399. The largest absolute Gasteiger partial charge is 0.337 e. The monoisotopic (exact) mass is 279 g/mol. The summed E-state index contributed by atoms with van der Waals surface area (Å²) in [7, 11) is 0. The van der Waals surface area contributed by atoms with Gasteiger partial charge in [-0.25, -0.2) is 0 Å². The minimum absolute atomic E-state index is 0.280. The number of pyridine rings is 1. The quantitative estimate of drug-likeness (QED) is 0.830. The van der Waals surface area contributed by atoms with E-state index in [4.69, 9.17) is 0 Å². The summed E-state index contributed by atoms with van der Waals surface area (Å²) in [6.45, 7) is 4.76. The summed E-state index contributed by atoms with van der Waals surface area (Å²) < 4.78 is 0.